The maximum Gasteiger partial charge on any atom is 0.180 e. The van der Waals surface area contributed by atoms with E-state index in [-0.39, 0.29) is 0 Å². The van der Waals surface area contributed by atoms with E-state index < -0.39 is 0 Å². The molecule has 96 valence electrons. The Morgan fingerprint density at radius 1 is 0.900 bits per heavy atom. The molecule has 4 rings (SSSR count). The Morgan fingerprint density at radius 2 is 1.70 bits per heavy atom. The lowest BCUT2D eigenvalue weighted by Crippen LogP contribution is -1.95. The Kier molecular flexibility index (Phi) is 2.29. The van der Waals surface area contributed by atoms with Crippen molar-refractivity contribution < 1.29 is 0 Å². The highest BCUT2D eigenvalue weighted by molar-refractivity contribution is 5.80. The van der Waals surface area contributed by atoms with Crippen molar-refractivity contribution >= 4 is 16.7 Å². The van der Waals surface area contributed by atoms with Crippen LogP contribution in [0.4, 0.5) is 0 Å². The normalized spacial score (nSPS) is 11.2. The van der Waals surface area contributed by atoms with Crippen LogP contribution in [-0.4, -0.2) is 19.6 Å². The number of fused-ring (bicyclic) bond motifs is 3. The molecule has 0 saturated heterocycles. The molecule has 0 aliphatic rings. The number of aromatic nitrogens is 4. The summed E-state index contributed by atoms with van der Waals surface area (Å²) in [5.41, 5.74) is 5.00. The quantitative estimate of drug-likeness (QED) is 0.527. The second kappa shape index (κ2) is 4.13. The lowest BCUT2D eigenvalue weighted by Gasteiger charge is -2.06. The zero-order valence-electron chi connectivity index (χ0n) is 11.0. The first kappa shape index (κ1) is 11.1. The summed E-state index contributed by atoms with van der Waals surface area (Å²) >= 11 is 0. The summed E-state index contributed by atoms with van der Waals surface area (Å²) in [6.07, 6.45) is 1.76. The van der Waals surface area contributed by atoms with Gasteiger partial charge in [-0.05, 0) is 24.6 Å². The van der Waals surface area contributed by atoms with E-state index >= 15 is 0 Å². The van der Waals surface area contributed by atoms with Crippen molar-refractivity contribution in [3.8, 4) is 11.4 Å². The van der Waals surface area contributed by atoms with Crippen molar-refractivity contribution in [2.45, 2.75) is 6.92 Å². The van der Waals surface area contributed by atoms with Gasteiger partial charge in [0.05, 0.1) is 17.2 Å². The maximum absolute atomic E-state index is 4.42. The van der Waals surface area contributed by atoms with Crippen molar-refractivity contribution in [3.05, 3.63) is 60.3 Å². The topological polar surface area (TPSA) is 43.1 Å². The molecule has 0 amide bonds. The van der Waals surface area contributed by atoms with E-state index in [4.69, 9.17) is 0 Å². The summed E-state index contributed by atoms with van der Waals surface area (Å²) in [7, 11) is 0. The third kappa shape index (κ3) is 1.51. The van der Waals surface area contributed by atoms with Gasteiger partial charge in [0.15, 0.2) is 11.5 Å². The predicted octanol–water partition coefficient (Wildman–Crippen LogP) is 3.25. The summed E-state index contributed by atoms with van der Waals surface area (Å²) in [4.78, 5) is 4.42. The lowest BCUT2D eigenvalue weighted by molar-refractivity contribution is 1.11. The molecule has 0 unspecified atom stereocenters. The van der Waals surface area contributed by atoms with Crippen molar-refractivity contribution in [2.24, 2.45) is 0 Å². The summed E-state index contributed by atoms with van der Waals surface area (Å²) in [5.74, 6) is 0.858. The fourth-order valence-corrected chi connectivity index (χ4v) is 2.51. The second-order valence-electron chi connectivity index (χ2n) is 4.78. The molecule has 2 aromatic heterocycles. The number of aryl methyl sites for hydroxylation is 1. The van der Waals surface area contributed by atoms with Gasteiger partial charge in [0.1, 0.15) is 0 Å². The minimum Gasteiger partial charge on any atom is -0.272 e. The summed E-state index contributed by atoms with van der Waals surface area (Å²) in [6.45, 7) is 2.08. The average Bonchev–Trinajstić information content (AvgIpc) is 2.92. The van der Waals surface area contributed by atoms with Crippen LogP contribution in [0, 0.1) is 6.92 Å². The Hall–Kier alpha value is -2.75. The first-order valence-electron chi connectivity index (χ1n) is 6.49. The van der Waals surface area contributed by atoms with Crippen LogP contribution in [0.1, 0.15) is 5.56 Å². The largest absolute Gasteiger partial charge is 0.272 e. The molecular formula is C16H12N4. The van der Waals surface area contributed by atoms with Crippen molar-refractivity contribution in [1.82, 2.24) is 19.6 Å². The smallest absolute Gasteiger partial charge is 0.180 e. The first-order chi connectivity index (χ1) is 9.84. The zero-order valence-corrected chi connectivity index (χ0v) is 11.0. The van der Waals surface area contributed by atoms with E-state index in [2.05, 4.69) is 38.6 Å². The van der Waals surface area contributed by atoms with Gasteiger partial charge in [0.2, 0.25) is 0 Å². The fourth-order valence-electron chi connectivity index (χ4n) is 2.51. The van der Waals surface area contributed by atoms with Crippen LogP contribution in [0.15, 0.2) is 54.7 Å². The monoisotopic (exact) mass is 260 g/mol. The molecule has 0 N–H and O–H groups in total. The minimum atomic E-state index is 0.766. The molecule has 0 atom stereocenters. The SMILES string of the molecule is Cc1ccccc1-c1nnc2cnc3ccccc3n12. The highest BCUT2D eigenvalue weighted by Crippen LogP contribution is 2.24. The van der Waals surface area contributed by atoms with Gasteiger partial charge in [-0.1, -0.05) is 36.4 Å². The van der Waals surface area contributed by atoms with Crippen molar-refractivity contribution in [2.75, 3.05) is 0 Å². The Balaban J connectivity index is 2.16. The van der Waals surface area contributed by atoms with Crippen LogP contribution in [0.2, 0.25) is 0 Å². The number of nitrogens with zero attached hydrogens (tertiary/aromatic N) is 4. The molecule has 20 heavy (non-hydrogen) atoms. The van der Waals surface area contributed by atoms with Crippen molar-refractivity contribution in [1.29, 1.82) is 0 Å². The second-order valence-corrected chi connectivity index (χ2v) is 4.78. The molecule has 0 radical (unpaired) electrons. The highest BCUT2D eigenvalue weighted by atomic mass is 15.3. The molecule has 4 heteroatoms. The number of hydrogen-bond acceptors (Lipinski definition) is 3. The molecule has 0 fully saturated rings. The summed E-state index contributed by atoms with van der Waals surface area (Å²) < 4.78 is 2.06. The lowest BCUT2D eigenvalue weighted by atomic mass is 10.1. The van der Waals surface area contributed by atoms with Gasteiger partial charge in [-0.2, -0.15) is 0 Å². The van der Waals surface area contributed by atoms with E-state index in [0.29, 0.717) is 0 Å². The van der Waals surface area contributed by atoms with Crippen LogP contribution in [-0.2, 0) is 0 Å². The molecule has 0 bridgehead atoms. The van der Waals surface area contributed by atoms with Gasteiger partial charge in [-0.15, -0.1) is 10.2 Å². The third-order valence-corrected chi connectivity index (χ3v) is 3.52. The average molecular weight is 260 g/mol. The Labute approximate surface area is 115 Å². The van der Waals surface area contributed by atoms with Crippen LogP contribution in [0.3, 0.4) is 0 Å². The van der Waals surface area contributed by atoms with Crippen LogP contribution >= 0.6 is 0 Å². The molecule has 0 aliphatic carbocycles. The predicted molar refractivity (Wildman–Crippen MR) is 78.5 cm³/mol. The molecule has 2 heterocycles. The highest BCUT2D eigenvalue weighted by Gasteiger charge is 2.12. The number of para-hydroxylation sites is 2. The van der Waals surface area contributed by atoms with Gasteiger partial charge in [0.25, 0.3) is 0 Å². The van der Waals surface area contributed by atoms with Gasteiger partial charge >= 0.3 is 0 Å². The van der Waals surface area contributed by atoms with Gasteiger partial charge < -0.3 is 0 Å². The van der Waals surface area contributed by atoms with Gasteiger partial charge in [0, 0.05) is 5.56 Å². The molecule has 0 saturated carbocycles. The van der Waals surface area contributed by atoms with Gasteiger partial charge in [-0.25, -0.2) is 0 Å². The first-order valence-corrected chi connectivity index (χ1v) is 6.49. The molecule has 4 nitrogen and oxygen atoms in total. The van der Waals surface area contributed by atoms with Gasteiger partial charge in [-0.3, -0.25) is 9.38 Å². The van der Waals surface area contributed by atoms with Crippen molar-refractivity contribution in [3.63, 3.8) is 0 Å². The van der Waals surface area contributed by atoms with E-state index in [1.54, 1.807) is 6.20 Å². The number of rotatable bonds is 1. The molecular weight excluding hydrogens is 248 g/mol. The maximum atomic E-state index is 4.42. The molecule has 4 aromatic rings. The van der Waals surface area contributed by atoms with E-state index in [1.165, 1.54) is 5.56 Å². The molecule has 2 aromatic carbocycles. The fraction of sp³-hybridized carbons (Fsp3) is 0.0625. The Morgan fingerprint density at radius 3 is 2.60 bits per heavy atom. The van der Waals surface area contributed by atoms with E-state index in [1.807, 2.05) is 36.4 Å². The van der Waals surface area contributed by atoms with Crippen LogP contribution in [0.5, 0.6) is 0 Å². The number of hydrogen-bond donors (Lipinski definition) is 0. The zero-order chi connectivity index (χ0) is 13.5. The Bertz CT molecular complexity index is 924. The van der Waals surface area contributed by atoms with Crippen LogP contribution < -0.4 is 0 Å². The summed E-state index contributed by atoms with van der Waals surface area (Å²) in [6, 6.07) is 16.2. The third-order valence-electron chi connectivity index (χ3n) is 3.52. The molecule has 0 aliphatic heterocycles. The van der Waals surface area contributed by atoms with Crippen LogP contribution in [0.25, 0.3) is 28.1 Å². The minimum absolute atomic E-state index is 0.766. The molecule has 0 spiro atoms. The standard InChI is InChI=1S/C16H12N4/c1-11-6-2-3-7-12(11)16-19-18-15-10-17-13-8-4-5-9-14(13)20(15)16/h2-10H,1H3. The van der Waals surface area contributed by atoms with E-state index in [0.717, 1.165) is 28.1 Å². The summed E-state index contributed by atoms with van der Waals surface area (Å²) in [5, 5.41) is 8.59. The number of benzene rings is 2. The van der Waals surface area contributed by atoms with E-state index in [9.17, 15) is 0 Å².